The molecule has 0 radical (unpaired) electrons. The lowest BCUT2D eigenvalue weighted by Crippen LogP contribution is -2.34. The Labute approximate surface area is 140 Å². The smallest absolute Gasteiger partial charge is 0.0897 e. The van der Waals surface area contributed by atoms with Crippen LogP contribution in [0.4, 0.5) is 0 Å². The predicted octanol–water partition coefficient (Wildman–Crippen LogP) is 3.95. The summed E-state index contributed by atoms with van der Waals surface area (Å²) in [5.74, 6) is 0.683. The van der Waals surface area contributed by atoms with Gasteiger partial charge in [-0.3, -0.25) is 0 Å². The molecule has 0 saturated heterocycles. The second kappa shape index (κ2) is 9.26. The van der Waals surface area contributed by atoms with E-state index in [1.165, 1.54) is 30.6 Å². The van der Waals surface area contributed by atoms with Crippen LogP contribution in [0.1, 0.15) is 43.9 Å². The summed E-state index contributed by atoms with van der Waals surface area (Å²) >= 11 is 5.18. The van der Waals surface area contributed by atoms with Gasteiger partial charge < -0.3 is 15.2 Å². The van der Waals surface area contributed by atoms with Crippen LogP contribution in [0.2, 0.25) is 0 Å². The molecule has 0 aliphatic heterocycles. The molecule has 0 aromatic carbocycles. The molecule has 2 rings (SSSR count). The van der Waals surface area contributed by atoms with Gasteiger partial charge in [-0.05, 0) is 46.8 Å². The van der Waals surface area contributed by atoms with Crippen LogP contribution in [0.3, 0.4) is 0 Å². The Morgan fingerprint density at radius 1 is 1.43 bits per heavy atom. The van der Waals surface area contributed by atoms with Gasteiger partial charge in [0, 0.05) is 18.0 Å². The third-order valence-corrected chi connectivity index (χ3v) is 5.80. The molecule has 3 unspecified atom stereocenters. The molecule has 0 spiro atoms. The van der Waals surface area contributed by atoms with Crippen molar-refractivity contribution in [2.75, 3.05) is 13.2 Å². The summed E-state index contributed by atoms with van der Waals surface area (Å²) in [6.45, 7) is 4.07. The molecule has 3 atom stereocenters. The van der Waals surface area contributed by atoms with Crippen molar-refractivity contribution < 1.29 is 9.84 Å². The highest BCUT2D eigenvalue weighted by Gasteiger charge is 2.24. The van der Waals surface area contributed by atoms with Crippen molar-refractivity contribution in [1.29, 1.82) is 0 Å². The second-order valence-corrected chi connectivity index (χ2v) is 8.36. The highest BCUT2D eigenvalue weighted by Crippen LogP contribution is 2.29. The minimum atomic E-state index is -0.423. The second-order valence-electron chi connectivity index (χ2n) is 5.82. The Bertz CT molecular complexity index is 413. The average molecular weight is 376 g/mol. The lowest BCUT2D eigenvalue weighted by atomic mass is 9.85. The quantitative estimate of drug-likeness (QED) is 0.722. The summed E-state index contributed by atoms with van der Waals surface area (Å²) in [5.41, 5.74) is 0. The monoisotopic (exact) mass is 375 g/mol. The summed E-state index contributed by atoms with van der Waals surface area (Å²) in [5, 5.41) is 13.3. The SMILES string of the molecule is CCC1CCCCC1OCC(O)CNCc1ccc(Br)s1. The fourth-order valence-corrected chi connectivity index (χ4v) is 4.42. The molecule has 1 fully saturated rings. The molecule has 1 aliphatic carbocycles. The topological polar surface area (TPSA) is 41.5 Å². The van der Waals surface area contributed by atoms with E-state index in [1.54, 1.807) is 11.3 Å². The number of rotatable bonds is 8. The van der Waals surface area contributed by atoms with E-state index in [9.17, 15) is 5.11 Å². The number of hydrogen-bond acceptors (Lipinski definition) is 4. The molecule has 0 bridgehead atoms. The van der Waals surface area contributed by atoms with Gasteiger partial charge in [0.15, 0.2) is 0 Å². The van der Waals surface area contributed by atoms with Crippen LogP contribution >= 0.6 is 27.3 Å². The molecule has 5 heteroatoms. The summed E-state index contributed by atoms with van der Waals surface area (Å²) in [6.07, 6.45) is 6.15. The lowest BCUT2D eigenvalue weighted by Gasteiger charge is -2.31. The molecule has 1 heterocycles. The van der Waals surface area contributed by atoms with E-state index in [2.05, 4.69) is 40.3 Å². The van der Waals surface area contributed by atoms with Gasteiger partial charge >= 0.3 is 0 Å². The average Bonchev–Trinajstić information content (AvgIpc) is 2.91. The first kappa shape index (κ1) is 17.4. The van der Waals surface area contributed by atoms with Crippen molar-refractivity contribution >= 4 is 27.3 Å². The van der Waals surface area contributed by atoms with Gasteiger partial charge in [0.2, 0.25) is 0 Å². The van der Waals surface area contributed by atoms with Gasteiger partial charge in [-0.1, -0.05) is 26.2 Å². The maximum atomic E-state index is 10.0. The molecule has 1 saturated carbocycles. The third-order valence-electron chi connectivity index (χ3n) is 4.17. The molecule has 120 valence electrons. The highest BCUT2D eigenvalue weighted by molar-refractivity contribution is 9.11. The summed E-state index contributed by atoms with van der Waals surface area (Å²) in [6, 6.07) is 4.15. The van der Waals surface area contributed by atoms with E-state index >= 15 is 0 Å². The van der Waals surface area contributed by atoms with E-state index in [0.717, 1.165) is 16.8 Å². The number of ether oxygens (including phenoxy) is 1. The number of hydrogen-bond donors (Lipinski definition) is 2. The Morgan fingerprint density at radius 2 is 2.24 bits per heavy atom. The summed E-state index contributed by atoms with van der Waals surface area (Å²) < 4.78 is 7.10. The van der Waals surface area contributed by atoms with E-state index in [1.807, 2.05) is 0 Å². The number of thiophene rings is 1. The number of aliphatic hydroxyl groups excluding tert-OH is 1. The van der Waals surface area contributed by atoms with Gasteiger partial charge in [0.1, 0.15) is 0 Å². The van der Waals surface area contributed by atoms with Gasteiger partial charge in [0.25, 0.3) is 0 Å². The van der Waals surface area contributed by atoms with Gasteiger partial charge in [-0.25, -0.2) is 0 Å². The van der Waals surface area contributed by atoms with Crippen molar-refractivity contribution in [3.63, 3.8) is 0 Å². The molecule has 1 aliphatic rings. The van der Waals surface area contributed by atoms with Crippen molar-refractivity contribution in [2.45, 2.75) is 57.8 Å². The van der Waals surface area contributed by atoms with Crippen molar-refractivity contribution in [2.24, 2.45) is 5.92 Å². The lowest BCUT2D eigenvalue weighted by molar-refractivity contribution is -0.0499. The molecular formula is C16H26BrNO2S. The predicted molar refractivity (Wildman–Crippen MR) is 91.7 cm³/mol. The van der Waals surface area contributed by atoms with Crippen molar-refractivity contribution in [3.05, 3.63) is 20.8 Å². The van der Waals surface area contributed by atoms with Crippen LogP contribution in [-0.2, 0) is 11.3 Å². The van der Waals surface area contributed by atoms with E-state index in [4.69, 9.17) is 4.74 Å². The van der Waals surface area contributed by atoms with Crippen LogP contribution in [-0.4, -0.2) is 30.5 Å². The molecule has 1 aromatic rings. The molecule has 0 amide bonds. The first-order valence-corrected chi connectivity index (χ1v) is 9.54. The third kappa shape index (κ3) is 5.99. The van der Waals surface area contributed by atoms with Gasteiger partial charge in [0.05, 0.1) is 22.6 Å². The first-order valence-electron chi connectivity index (χ1n) is 7.93. The fourth-order valence-electron chi connectivity index (χ4n) is 2.96. The zero-order chi connectivity index (χ0) is 15.1. The van der Waals surface area contributed by atoms with Crippen LogP contribution < -0.4 is 5.32 Å². The zero-order valence-corrected chi connectivity index (χ0v) is 15.1. The zero-order valence-electron chi connectivity index (χ0n) is 12.7. The van der Waals surface area contributed by atoms with Crippen LogP contribution in [0.5, 0.6) is 0 Å². The van der Waals surface area contributed by atoms with Crippen molar-refractivity contribution in [3.8, 4) is 0 Å². The van der Waals surface area contributed by atoms with E-state index in [-0.39, 0.29) is 0 Å². The largest absolute Gasteiger partial charge is 0.389 e. The van der Waals surface area contributed by atoms with E-state index in [0.29, 0.717) is 25.2 Å². The maximum absolute atomic E-state index is 10.0. The minimum absolute atomic E-state index is 0.353. The maximum Gasteiger partial charge on any atom is 0.0897 e. The Kier molecular flexibility index (Phi) is 7.68. The standard InChI is InChI=1S/C16H26BrNO2S/c1-2-12-5-3-4-6-15(12)20-11-13(19)9-18-10-14-7-8-16(17)21-14/h7-8,12-13,15,18-19H,2-6,9-11H2,1H3. The Morgan fingerprint density at radius 3 is 2.95 bits per heavy atom. The van der Waals surface area contributed by atoms with Crippen LogP contribution in [0.15, 0.2) is 15.9 Å². The van der Waals surface area contributed by atoms with Crippen molar-refractivity contribution in [1.82, 2.24) is 5.32 Å². The summed E-state index contributed by atoms with van der Waals surface area (Å²) in [7, 11) is 0. The molecule has 1 aromatic heterocycles. The number of aliphatic hydroxyl groups is 1. The summed E-state index contributed by atoms with van der Waals surface area (Å²) in [4.78, 5) is 1.27. The molecule has 2 N–H and O–H groups in total. The van der Waals surface area contributed by atoms with Gasteiger partial charge in [-0.2, -0.15) is 0 Å². The Balaban J connectivity index is 1.61. The first-order chi connectivity index (χ1) is 10.2. The fraction of sp³-hybridized carbons (Fsp3) is 0.750. The highest BCUT2D eigenvalue weighted by atomic mass is 79.9. The minimum Gasteiger partial charge on any atom is -0.389 e. The van der Waals surface area contributed by atoms with Crippen LogP contribution in [0.25, 0.3) is 0 Å². The molecular weight excluding hydrogens is 350 g/mol. The van der Waals surface area contributed by atoms with Crippen LogP contribution in [0, 0.1) is 5.92 Å². The number of nitrogens with one attached hydrogen (secondary N) is 1. The van der Waals surface area contributed by atoms with Gasteiger partial charge in [-0.15, -0.1) is 11.3 Å². The molecule has 3 nitrogen and oxygen atoms in total. The number of halogens is 1. The molecule has 21 heavy (non-hydrogen) atoms. The Hall–Kier alpha value is 0.0600. The normalized spacial score (nSPS) is 24.1. The van der Waals surface area contributed by atoms with E-state index < -0.39 is 6.10 Å².